The Kier molecular flexibility index (Phi) is 4.47. The summed E-state index contributed by atoms with van der Waals surface area (Å²) in [6.45, 7) is 5.73. The third-order valence-corrected chi connectivity index (χ3v) is 6.08. The van der Waals surface area contributed by atoms with Crippen molar-refractivity contribution in [3.63, 3.8) is 0 Å². The smallest absolute Gasteiger partial charge is 0.263 e. The van der Waals surface area contributed by atoms with Crippen LogP contribution in [-0.2, 0) is 16.9 Å². The van der Waals surface area contributed by atoms with Gasteiger partial charge in [0.15, 0.2) is 9.84 Å². The molecule has 1 aromatic heterocycles. The molecule has 7 heteroatoms. The standard InChI is InChI=1S/C15H22N2O4S/c1-5-17(12-6-7-22(20,21)9-12)15(19)13-10(2)8-11(3)16(4)14(13)18/h8,12H,5-7,9H2,1-4H3/t12-/m0/s1. The highest BCUT2D eigenvalue weighted by Gasteiger charge is 2.35. The number of hydrogen-bond acceptors (Lipinski definition) is 4. The van der Waals surface area contributed by atoms with E-state index >= 15 is 0 Å². The predicted octanol–water partition coefficient (Wildman–Crippen LogP) is 0.651. The minimum atomic E-state index is -3.08. The number of aromatic nitrogens is 1. The molecule has 122 valence electrons. The lowest BCUT2D eigenvalue weighted by molar-refractivity contribution is 0.0705. The van der Waals surface area contributed by atoms with Gasteiger partial charge in [0.1, 0.15) is 5.56 Å². The maximum Gasteiger partial charge on any atom is 0.263 e. The molecule has 2 heterocycles. The maximum absolute atomic E-state index is 12.8. The lowest BCUT2D eigenvalue weighted by Crippen LogP contribution is -2.44. The molecule has 0 bridgehead atoms. The molecule has 22 heavy (non-hydrogen) atoms. The summed E-state index contributed by atoms with van der Waals surface area (Å²) in [4.78, 5) is 26.7. The van der Waals surface area contributed by atoms with Crippen molar-refractivity contribution in [2.24, 2.45) is 7.05 Å². The van der Waals surface area contributed by atoms with E-state index in [0.717, 1.165) is 5.69 Å². The van der Waals surface area contributed by atoms with Crippen LogP contribution in [0.15, 0.2) is 10.9 Å². The molecule has 1 saturated heterocycles. The van der Waals surface area contributed by atoms with Crippen molar-refractivity contribution in [2.45, 2.75) is 33.2 Å². The molecular formula is C15H22N2O4S. The van der Waals surface area contributed by atoms with Gasteiger partial charge in [-0.25, -0.2) is 8.42 Å². The Bertz CT molecular complexity index is 764. The summed E-state index contributed by atoms with van der Waals surface area (Å²) in [6.07, 6.45) is 0.438. The Labute approximate surface area is 130 Å². The van der Waals surface area contributed by atoms with Gasteiger partial charge in [0.05, 0.1) is 11.5 Å². The van der Waals surface area contributed by atoms with Crippen LogP contribution in [0.4, 0.5) is 0 Å². The molecule has 0 aliphatic carbocycles. The molecule has 0 N–H and O–H groups in total. The van der Waals surface area contributed by atoms with E-state index in [9.17, 15) is 18.0 Å². The van der Waals surface area contributed by atoms with E-state index < -0.39 is 9.84 Å². The van der Waals surface area contributed by atoms with Crippen molar-refractivity contribution >= 4 is 15.7 Å². The van der Waals surface area contributed by atoms with Crippen molar-refractivity contribution in [3.05, 3.63) is 33.2 Å². The Hall–Kier alpha value is -1.63. The number of rotatable bonds is 3. The van der Waals surface area contributed by atoms with Gasteiger partial charge in [0.25, 0.3) is 11.5 Å². The zero-order valence-corrected chi connectivity index (χ0v) is 14.2. The molecule has 1 fully saturated rings. The van der Waals surface area contributed by atoms with Gasteiger partial charge in [-0.2, -0.15) is 0 Å². The van der Waals surface area contributed by atoms with Crippen LogP contribution in [0.25, 0.3) is 0 Å². The third kappa shape index (κ3) is 2.95. The molecule has 1 aliphatic rings. The van der Waals surface area contributed by atoms with Gasteiger partial charge >= 0.3 is 0 Å². The van der Waals surface area contributed by atoms with Gasteiger partial charge < -0.3 is 9.47 Å². The van der Waals surface area contributed by atoms with Crippen LogP contribution in [0.2, 0.25) is 0 Å². The van der Waals surface area contributed by atoms with Crippen molar-refractivity contribution < 1.29 is 13.2 Å². The van der Waals surface area contributed by atoms with Crippen LogP contribution >= 0.6 is 0 Å². The van der Waals surface area contributed by atoms with Crippen LogP contribution in [0.3, 0.4) is 0 Å². The summed E-state index contributed by atoms with van der Waals surface area (Å²) in [5, 5.41) is 0. The molecule has 1 aliphatic heterocycles. The van der Waals surface area contributed by atoms with E-state index in [1.54, 1.807) is 27.0 Å². The van der Waals surface area contributed by atoms with E-state index in [4.69, 9.17) is 0 Å². The maximum atomic E-state index is 12.8. The Balaban J connectivity index is 2.43. The van der Waals surface area contributed by atoms with Gasteiger partial charge in [-0.1, -0.05) is 0 Å². The van der Waals surface area contributed by atoms with Gasteiger partial charge in [-0.3, -0.25) is 9.59 Å². The molecule has 2 rings (SSSR count). The minimum Gasteiger partial charge on any atom is -0.335 e. The first kappa shape index (κ1) is 16.7. The monoisotopic (exact) mass is 326 g/mol. The van der Waals surface area contributed by atoms with E-state index in [1.807, 2.05) is 6.92 Å². The second kappa shape index (κ2) is 5.87. The van der Waals surface area contributed by atoms with E-state index in [0.29, 0.717) is 18.5 Å². The summed E-state index contributed by atoms with van der Waals surface area (Å²) in [7, 11) is -1.45. The number of nitrogens with zero attached hydrogens (tertiary/aromatic N) is 2. The molecule has 0 aromatic carbocycles. The first-order chi connectivity index (χ1) is 10.2. The summed E-state index contributed by atoms with van der Waals surface area (Å²) < 4.78 is 24.7. The molecule has 6 nitrogen and oxygen atoms in total. The van der Waals surface area contributed by atoms with Crippen molar-refractivity contribution in [3.8, 4) is 0 Å². The first-order valence-corrected chi connectivity index (χ1v) is 9.18. The Morgan fingerprint density at radius 2 is 2.05 bits per heavy atom. The largest absolute Gasteiger partial charge is 0.335 e. The second-order valence-corrected chi connectivity index (χ2v) is 8.08. The van der Waals surface area contributed by atoms with Gasteiger partial charge in [0, 0.05) is 25.3 Å². The lowest BCUT2D eigenvalue weighted by Gasteiger charge is -2.27. The molecule has 1 atom stereocenters. The number of hydrogen-bond donors (Lipinski definition) is 0. The van der Waals surface area contributed by atoms with Crippen LogP contribution in [0.5, 0.6) is 0 Å². The number of carbonyl (C=O) groups excluding carboxylic acids is 1. The number of carbonyl (C=O) groups is 1. The van der Waals surface area contributed by atoms with Crippen LogP contribution in [0, 0.1) is 13.8 Å². The van der Waals surface area contributed by atoms with Gasteiger partial charge in [-0.05, 0) is 38.8 Å². The van der Waals surface area contributed by atoms with Gasteiger partial charge in [-0.15, -0.1) is 0 Å². The fraction of sp³-hybridized carbons (Fsp3) is 0.600. The summed E-state index contributed by atoms with van der Waals surface area (Å²) >= 11 is 0. The highest BCUT2D eigenvalue weighted by atomic mass is 32.2. The highest BCUT2D eigenvalue weighted by Crippen LogP contribution is 2.20. The minimum absolute atomic E-state index is 0.0161. The highest BCUT2D eigenvalue weighted by molar-refractivity contribution is 7.91. The summed E-state index contributed by atoms with van der Waals surface area (Å²) in [5.74, 6) is -0.285. The van der Waals surface area contributed by atoms with Crippen molar-refractivity contribution in [1.82, 2.24) is 9.47 Å². The molecular weight excluding hydrogens is 304 g/mol. The Morgan fingerprint density at radius 3 is 2.55 bits per heavy atom. The van der Waals surface area contributed by atoms with Gasteiger partial charge in [0.2, 0.25) is 0 Å². The average molecular weight is 326 g/mol. The fourth-order valence-electron chi connectivity index (χ4n) is 2.97. The predicted molar refractivity (Wildman–Crippen MR) is 84.9 cm³/mol. The fourth-order valence-corrected chi connectivity index (χ4v) is 4.70. The molecule has 0 radical (unpaired) electrons. The second-order valence-electron chi connectivity index (χ2n) is 5.86. The van der Waals surface area contributed by atoms with E-state index in [-0.39, 0.29) is 34.6 Å². The molecule has 0 saturated carbocycles. The van der Waals surface area contributed by atoms with Crippen LogP contribution in [-0.4, -0.2) is 47.9 Å². The quantitative estimate of drug-likeness (QED) is 0.817. The molecule has 0 spiro atoms. The molecule has 1 aromatic rings. The van der Waals surface area contributed by atoms with E-state index in [1.165, 1.54) is 9.47 Å². The molecule has 0 unspecified atom stereocenters. The van der Waals surface area contributed by atoms with Crippen molar-refractivity contribution in [2.75, 3.05) is 18.1 Å². The zero-order valence-electron chi connectivity index (χ0n) is 13.4. The first-order valence-electron chi connectivity index (χ1n) is 7.36. The number of aryl methyl sites for hydroxylation is 2. The SMILES string of the molecule is CCN(C(=O)c1c(C)cc(C)n(C)c1=O)[C@H]1CCS(=O)(=O)C1. The average Bonchev–Trinajstić information content (AvgIpc) is 2.77. The zero-order chi connectivity index (χ0) is 16.7. The number of pyridine rings is 1. The lowest BCUT2D eigenvalue weighted by atomic mass is 10.1. The Morgan fingerprint density at radius 1 is 1.41 bits per heavy atom. The van der Waals surface area contributed by atoms with Crippen LogP contribution in [0.1, 0.15) is 35.0 Å². The summed E-state index contributed by atoms with van der Waals surface area (Å²) in [5.41, 5.74) is 1.22. The third-order valence-electron chi connectivity index (χ3n) is 4.33. The number of amides is 1. The molecule has 1 amide bonds. The number of sulfone groups is 1. The van der Waals surface area contributed by atoms with E-state index in [2.05, 4.69) is 0 Å². The van der Waals surface area contributed by atoms with Crippen LogP contribution < -0.4 is 5.56 Å². The summed E-state index contributed by atoms with van der Waals surface area (Å²) in [6, 6.07) is 1.46. The topological polar surface area (TPSA) is 76.5 Å². The normalized spacial score (nSPS) is 20.1. The van der Waals surface area contributed by atoms with Crippen molar-refractivity contribution in [1.29, 1.82) is 0 Å².